The first-order valence-corrected chi connectivity index (χ1v) is 21.1. The molecule has 1 aliphatic carbocycles. The largest absolute Gasteiger partial charge is 0.314 e. The standard InChI is InChI=1S/C57H50N4/c1-43-16-13-25-55(40-43)59(46-19-7-4-8-20-46)52-34-28-49(29-35-52)58(50-30-36-53(37-31-50)60(47-21-9-5-10-22-47)56-26-14-17-44(2)41-56)51-32-38-54(39-33-51)61(48-23-11-6-12-24-48)57-27-15-18-45(3)42-57/h4-14,16-26,28-42H,15,27H2,1-3H3. The van der Waals surface area contributed by atoms with E-state index in [0.29, 0.717) is 0 Å². The molecule has 298 valence electrons. The topological polar surface area (TPSA) is 13.0 Å². The zero-order valence-corrected chi connectivity index (χ0v) is 35.1. The Balaban J connectivity index is 1.13. The van der Waals surface area contributed by atoms with E-state index in [1.807, 2.05) is 0 Å². The zero-order valence-electron chi connectivity index (χ0n) is 35.1. The second-order valence-corrected chi connectivity index (χ2v) is 15.7. The number of benzene rings is 8. The average Bonchev–Trinajstić information content (AvgIpc) is 3.30. The minimum absolute atomic E-state index is 0.990. The SMILES string of the molecule is CC1=CCCC(N(c2ccccc2)c2ccc(N(c3ccc(N(c4ccccc4)c4cccc(C)c4)cc3)c3ccc(N(c4ccccc4)c4cccc(C)c4)cc3)cc2)=C1. The van der Waals surface area contributed by atoms with Crippen LogP contribution in [0.1, 0.15) is 30.9 Å². The van der Waals surface area contributed by atoms with Gasteiger partial charge in [-0.2, -0.15) is 0 Å². The molecule has 0 radical (unpaired) electrons. The Morgan fingerprint density at radius 3 is 0.934 bits per heavy atom. The van der Waals surface area contributed by atoms with Crippen LogP contribution in [0.25, 0.3) is 0 Å². The van der Waals surface area contributed by atoms with E-state index in [4.69, 9.17) is 0 Å². The highest BCUT2D eigenvalue weighted by Gasteiger charge is 2.20. The van der Waals surface area contributed by atoms with Crippen LogP contribution >= 0.6 is 0 Å². The molecule has 0 spiro atoms. The molecule has 4 heteroatoms. The van der Waals surface area contributed by atoms with Crippen LogP contribution in [0.2, 0.25) is 0 Å². The molecule has 0 saturated heterocycles. The van der Waals surface area contributed by atoms with Crippen molar-refractivity contribution in [2.45, 2.75) is 33.6 Å². The van der Waals surface area contributed by atoms with E-state index in [0.717, 1.165) is 75.4 Å². The monoisotopic (exact) mass is 790 g/mol. The maximum atomic E-state index is 2.40. The fraction of sp³-hybridized carbons (Fsp3) is 0.0877. The Kier molecular flexibility index (Phi) is 11.3. The fourth-order valence-corrected chi connectivity index (χ4v) is 8.36. The molecular weight excluding hydrogens is 741 g/mol. The van der Waals surface area contributed by atoms with Crippen LogP contribution in [0.5, 0.6) is 0 Å². The first-order valence-electron chi connectivity index (χ1n) is 21.1. The molecule has 0 heterocycles. The summed E-state index contributed by atoms with van der Waals surface area (Å²) < 4.78 is 0. The maximum Gasteiger partial charge on any atom is 0.0464 e. The molecule has 61 heavy (non-hydrogen) atoms. The normalized spacial score (nSPS) is 12.2. The van der Waals surface area contributed by atoms with Gasteiger partial charge in [0.25, 0.3) is 0 Å². The van der Waals surface area contributed by atoms with Gasteiger partial charge in [0.2, 0.25) is 0 Å². The van der Waals surface area contributed by atoms with Crippen molar-refractivity contribution in [3.05, 3.63) is 247 Å². The second kappa shape index (κ2) is 17.7. The Bertz CT molecular complexity index is 2630. The molecule has 0 saturated carbocycles. The Morgan fingerprint density at radius 2 is 0.590 bits per heavy atom. The summed E-state index contributed by atoms with van der Waals surface area (Å²) in [5.74, 6) is 0. The molecule has 0 N–H and O–H groups in total. The highest BCUT2D eigenvalue weighted by Crippen LogP contribution is 2.43. The van der Waals surface area contributed by atoms with Crippen molar-refractivity contribution in [3.8, 4) is 0 Å². The zero-order chi connectivity index (χ0) is 41.5. The predicted molar refractivity (Wildman–Crippen MR) is 260 cm³/mol. The molecule has 0 atom stereocenters. The number of aryl methyl sites for hydroxylation is 2. The van der Waals surface area contributed by atoms with E-state index in [-0.39, 0.29) is 0 Å². The van der Waals surface area contributed by atoms with Gasteiger partial charge >= 0.3 is 0 Å². The molecule has 0 unspecified atom stereocenters. The summed E-state index contributed by atoms with van der Waals surface area (Å²) in [5, 5.41) is 0. The predicted octanol–water partition coefficient (Wildman–Crippen LogP) is 16.5. The summed E-state index contributed by atoms with van der Waals surface area (Å²) in [5.41, 5.74) is 17.2. The Labute approximate surface area is 361 Å². The van der Waals surface area contributed by atoms with E-state index in [1.54, 1.807) is 0 Å². The summed E-state index contributed by atoms with van der Waals surface area (Å²) in [6.07, 6.45) is 6.68. The minimum Gasteiger partial charge on any atom is -0.314 e. The lowest BCUT2D eigenvalue weighted by Crippen LogP contribution is -2.18. The number of nitrogens with zero attached hydrogens (tertiary/aromatic N) is 4. The fourth-order valence-electron chi connectivity index (χ4n) is 8.36. The van der Waals surface area contributed by atoms with E-state index in [2.05, 4.69) is 265 Å². The summed E-state index contributed by atoms with van der Waals surface area (Å²) in [7, 11) is 0. The van der Waals surface area contributed by atoms with Crippen LogP contribution in [-0.4, -0.2) is 0 Å². The Hall–Kier alpha value is -7.56. The molecule has 8 aromatic carbocycles. The average molecular weight is 791 g/mol. The van der Waals surface area contributed by atoms with Crippen LogP contribution in [-0.2, 0) is 0 Å². The van der Waals surface area contributed by atoms with E-state index >= 15 is 0 Å². The first kappa shape index (κ1) is 38.9. The maximum absolute atomic E-state index is 2.40. The summed E-state index contributed by atoms with van der Waals surface area (Å²) in [6.45, 7) is 6.49. The third-order valence-corrected chi connectivity index (χ3v) is 11.2. The lowest BCUT2D eigenvalue weighted by atomic mass is 10.0. The second-order valence-electron chi connectivity index (χ2n) is 15.7. The molecule has 0 bridgehead atoms. The van der Waals surface area contributed by atoms with Gasteiger partial charge in [0, 0.05) is 68.3 Å². The van der Waals surface area contributed by atoms with Gasteiger partial charge in [0.15, 0.2) is 0 Å². The summed E-state index contributed by atoms with van der Waals surface area (Å²) in [6, 6.07) is 76.2. The smallest absolute Gasteiger partial charge is 0.0464 e. The number of rotatable bonds is 12. The number of para-hydroxylation sites is 3. The number of hydrogen-bond donors (Lipinski definition) is 0. The molecule has 0 aliphatic heterocycles. The molecular formula is C57H50N4. The summed E-state index contributed by atoms with van der Waals surface area (Å²) in [4.78, 5) is 9.41. The van der Waals surface area contributed by atoms with Gasteiger partial charge in [-0.3, -0.25) is 0 Å². The lowest BCUT2D eigenvalue weighted by molar-refractivity contribution is 0.905. The van der Waals surface area contributed by atoms with E-state index < -0.39 is 0 Å². The van der Waals surface area contributed by atoms with E-state index in [9.17, 15) is 0 Å². The third kappa shape index (κ3) is 8.62. The van der Waals surface area contributed by atoms with Gasteiger partial charge in [0.05, 0.1) is 0 Å². The molecule has 4 nitrogen and oxygen atoms in total. The van der Waals surface area contributed by atoms with Gasteiger partial charge in [0.1, 0.15) is 0 Å². The lowest BCUT2D eigenvalue weighted by Gasteiger charge is -2.31. The van der Waals surface area contributed by atoms with Crippen LogP contribution in [0.3, 0.4) is 0 Å². The van der Waals surface area contributed by atoms with Crippen molar-refractivity contribution in [2.24, 2.45) is 0 Å². The van der Waals surface area contributed by atoms with Crippen molar-refractivity contribution in [3.63, 3.8) is 0 Å². The van der Waals surface area contributed by atoms with Crippen molar-refractivity contribution in [1.82, 2.24) is 0 Å². The van der Waals surface area contributed by atoms with Crippen LogP contribution in [0.15, 0.2) is 236 Å². The highest BCUT2D eigenvalue weighted by atomic mass is 15.2. The molecule has 9 rings (SSSR count). The Morgan fingerprint density at radius 1 is 0.295 bits per heavy atom. The molecule has 1 aliphatic rings. The van der Waals surface area contributed by atoms with Crippen molar-refractivity contribution >= 4 is 62.6 Å². The van der Waals surface area contributed by atoms with Gasteiger partial charge in [-0.15, -0.1) is 0 Å². The molecule has 0 aromatic heterocycles. The minimum atomic E-state index is 0.990. The van der Waals surface area contributed by atoms with Gasteiger partial charge < -0.3 is 19.6 Å². The van der Waals surface area contributed by atoms with Gasteiger partial charge in [-0.1, -0.05) is 90.5 Å². The molecule has 0 fully saturated rings. The van der Waals surface area contributed by atoms with E-state index in [1.165, 1.54) is 22.4 Å². The van der Waals surface area contributed by atoms with Crippen molar-refractivity contribution in [1.29, 1.82) is 0 Å². The first-order chi connectivity index (χ1) is 30.0. The van der Waals surface area contributed by atoms with Gasteiger partial charge in [-0.05, 0) is 184 Å². The van der Waals surface area contributed by atoms with Crippen LogP contribution in [0, 0.1) is 13.8 Å². The van der Waals surface area contributed by atoms with Crippen molar-refractivity contribution in [2.75, 3.05) is 19.6 Å². The van der Waals surface area contributed by atoms with Crippen LogP contribution < -0.4 is 19.6 Å². The number of hydrogen-bond acceptors (Lipinski definition) is 4. The highest BCUT2D eigenvalue weighted by molar-refractivity contribution is 5.84. The number of allylic oxidation sites excluding steroid dienone is 4. The molecule has 8 aromatic rings. The quantitative estimate of drug-likeness (QED) is 0.122. The number of anilines is 11. The van der Waals surface area contributed by atoms with Crippen LogP contribution in [0.4, 0.5) is 62.6 Å². The van der Waals surface area contributed by atoms with Gasteiger partial charge in [-0.25, -0.2) is 0 Å². The third-order valence-electron chi connectivity index (χ3n) is 11.2. The summed E-state index contributed by atoms with van der Waals surface area (Å²) >= 11 is 0. The molecule has 0 amide bonds. The van der Waals surface area contributed by atoms with Crippen molar-refractivity contribution < 1.29 is 0 Å².